The molecule has 0 aliphatic carbocycles. The van der Waals surface area contributed by atoms with Crippen LogP contribution in [0.15, 0.2) is 65.2 Å². The summed E-state index contributed by atoms with van der Waals surface area (Å²) in [4.78, 5) is 17.3. The smallest absolute Gasteiger partial charge is 0.251 e. The molecule has 0 unspecified atom stereocenters. The molecule has 4 aromatic rings. The van der Waals surface area contributed by atoms with Crippen molar-refractivity contribution in [1.29, 1.82) is 0 Å². The summed E-state index contributed by atoms with van der Waals surface area (Å²) in [6, 6.07) is 19.6. The molecule has 1 heterocycles. The highest BCUT2D eigenvalue weighted by molar-refractivity contribution is 5.95. The molecule has 36 heavy (non-hydrogen) atoms. The van der Waals surface area contributed by atoms with Gasteiger partial charge in [-0.25, -0.2) is 0 Å². The molecule has 0 bridgehead atoms. The molecule has 2 N–H and O–H groups in total. The fourth-order valence-corrected chi connectivity index (χ4v) is 3.93. The number of hydrogen-bond acceptors (Lipinski definition) is 7. The van der Waals surface area contributed by atoms with Crippen molar-refractivity contribution in [2.45, 2.75) is 26.8 Å². The molecule has 1 amide bonds. The van der Waals surface area contributed by atoms with Gasteiger partial charge in [0.1, 0.15) is 11.5 Å². The van der Waals surface area contributed by atoms with E-state index in [1.807, 2.05) is 43.3 Å². The Morgan fingerprint density at radius 1 is 0.972 bits per heavy atom. The molecule has 0 saturated heterocycles. The molecule has 0 spiro atoms. The predicted molar refractivity (Wildman–Crippen MR) is 139 cm³/mol. The van der Waals surface area contributed by atoms with Gasteiger partial charge in [0.2, 0.25) is 11.7 Å². The number of benzene rings is 3. The zero-order valence-corrected chi connectivity index (χ0v) is 20.9. The van der Waals surface area contributed by atoms with Crippen LogP contribution in [0.4, 0.5) is 5.69 Å². The molecular weight excluding hydrogens is 456 g/mol. The highest BCUT2D eigenvalue weighted by atomic mass is 16.5. The van der Waals surface area contributed by atoms with Gasteiger partial charge in [-0.15, -0.1) is 0 Å². The fourth-order valence-electron chi connectivity index (χ4n) is 3.93. The second-order valence-corrected chi connectivity index (χ2v) is 8.36. The van der Waals surface area contributed by atoms with Crippen molar-refractivity contribution < 1.29 is 18.8 Å². The Balaban J connectivity index is 1.53. The average Bonchev–Trinajstić information content (AvgIpc) is 3.34. The Morgan fingerprint density at radius 2 is 1.69 bits per heavy atom. The van der Waals surface area contributed by atoms with Gasteiger partial charge in [0.05, 0.1) is 14.2 Å². The van der Waals surface area contributed by atoms with Crippen LogP contribution in [-0.2, 0) is 13.0 Å². The van der Waals surface area contributed by atoms with Crippen molar-refractivity contribution >= 4 is 11.6 Å². The standard InChI is InChI=1S/C28H30N4O4/c1-18-25(34-3)15-23(16-26(18)35-4)28(33)30-17-22-11-10-21(27-31-19(2)36-32-27)14-24(22)29-13-12-20-8-6-5-7-9-20/h5-11,14-16,29H,12-13,17H2,1-4H3,(H,30,33). The lowest BCUT2D eigenvalue weighted by Crippen LogP contribution is -2.23. The minimum atomic E-state index is -0.222. The van der Waals surface area contributed by atoms with Gasteiger partial charge in [-0.05, 0) is 42.7 Å². The predicted octanol–water partition coefficient (Wildman–Crippen LogP) is 4.96. The number of ether oxygens (including phenoxy) is 2. The summed E-state index contributed by atoms with van der Waals surface area (Å²) in [5, 5.41) is 10.5. The number of rotatable bonds is 10. The molecule has 0 aliphatic rings. The molecule has 0 aliphatic heterocycles. The molecule has 0 radical (unpaired) electrons. The third kappa shape index (κ3) is 5.83. The molecule has 0 saturated carbocycles. The van der Waals surface area contributed by atoms with Crippen molar-refractivity contribution in [3.8, 4) is 22.9 Å². The summed E-state index contributed by atoms with van der Waals surface area (Å²) in [6.07, 6.45) is 0.862. The Bertz CT molecular complexity index is 1310. The van der Waals surface area contributed by atoms with Crippen LogP contribution in [0.25, 0.3) is 11.4 Å². The van der Waals surface area contributed by atoms with E-state index < -0.39 is 0 Å². The van der Waals surface area contributed by atoms with Crippen LogP contribution in [0, 0.1) is 13.8 Å². The number of carbonyl (C=O) groups excluding carboxylic acids is 1. The van der Waals surface area contributed by atoms with E-state index in [2.05, 4.69) is 32.9 Å². The van der Waals surface area contributed by atoms with E-state index in [1.165, 1.54) is 5.56 Å². The van der Waals surface area contributed by atoms with Crippen LogP contribution >= 0.6 is 0 Å². The fraction of sp³-hybridized carbons (Fsp3) is 0.250. The second kappa shape index (κ2) is 11.4. The first-order valence-electron chi connectivity index (χ1n) is 11.7. The third-order valence-corrected chi connectivity index (χ3v) is 5.92. The summed E-state index contributed by atoms with van der Waals surface area (Å²) >= 11 is 0. The highest BCUT2D eigenvalue weighted by Crippen LogP contribution is 2.30. The molecule has 0 atom stereocenters. The number of nitrogens with zero attached hydrogens (tertiary/aromatic N) is 2. The average molecular weight is 487 g/mol. The molecular formula is C28H30N4O4. The van der Waals surface area contributed by atoms with Gasteiger partial charge < -0.3 is 24.6 Å². The highest BCUT2D eigenvalue weighted by Gasteiger charge is 2.15. The first kappa shape index (κ1) is 24.8. The Labute approximate surface area is 210 Å². The number of anilines is 1. The van der Waals surface area contributed by atoms with Crippen molar-refractivity contribution in [2.75, 3.05) is 26.1 Å². The Hall–Kier alpha value is -4.33. The summed E-state index contributed by atoms with van der Waals surface area (Å²) in [7, 11) is 3.15. The summed E-state index contributed by atoms with van der Waals surface area (Å²) in [5.74, 6) is 2.00. The zero-order chi connectivity index (χ0) is 25.5. The lowest BCUT2D eigenvalue weighted by molar-refractivity contribution is 0.0950. The third-order valence-electron chi connectivity index (χ3n) is 5.92. The number of carbonyl (C=O) groups is 1. The van der Waals surface area contributed by atoms with E-state index in [9.17, 15) is 4.79 Å². The minimum absolute atomic E-state index is 0.222. The number of amides is 1. The van der Waals surface area contributed by atoms with Crippen molar-refractivity contribution in [2.24, 2.45) is 0 Å². The molecule has 1 aromatic heterocycles. The van der Waals surface area contributed by atoms with Gasteiger partial charge >= 0.3 is 0 Å². The summed E-state index contributed by atoms with van der Waals surface area (Å²) < 4.78 is 16.0. The van der Waals surface area contributed by atoms with Gasteiger partial charge in [0.15, 0.2) is 0 Å². The normalized spacial score (nSPS) is 10.7. The summed E-state index contributed by atoms with van der Waals surface area (Å²) in [6.45, 7) is 4.70. The molecule has 4 rings (SSSR count). The molecule has 3 aromatic carbocycles. The van der Waals surface area contributed by atoms with Gasteiger partial charge in [-0.3, -0.25) is 4.79 Å². The van der Waals surface area contributed by atoms with Crippen molar-refractivity contribution in [3.05, 3.63) is 88.8 Å². The van der Waals surface area contributed by atoms with E-state index in [-0.39, 0.29) is 5.91 Å². The lowest BCUT2D eigenvalue weighted by Gasteiger charge is -2.15. The van der Waals surface area contributed by atoms with Gasteiger partial charge in [0, 0.05) is 42.4 Å². The van der Waals surface area contributed by atoms with E-state index in [4.69, 9.17) is 14.0 Å². The number of methoxy groups -OCH3 is 2. The van der Waals surface area contributed by atoms with Crippen molar-refractivity contribution in [1.82, 2.24) is 15.5 Å². The molecule has 186 valence electrons. The maximum absolute atomic E-state index is 13.0. The second-order valence-electron chi connectivity index (χ2n) is 8.36. The van der Waals surface area contributed by atoms with Crippen LogP contribution in [0.5, 0.6) is 11.5 Å². The van der Waals surface area contributed by atoms with Crippen LogP contribution in [0.3, 0.4) is 0 Å². The van der Waals surface area contributed by atoms with Gasteiger partial charge in [-0.1, -0.05) is 47.6 Å². The molecule has 8 nitrogen and oxygen atoms in total. The minimum Gasteiger partial charge on any atom is -0.496 e. The molecule has 8 heteroatoms. The topological polar surface area (TPSA) is 98.5 Å². The van der Waals surface area contributed by atoms with E-state index >= 15 is 0 Å². The van der Waals surface area contributed by atoms with Crippen LogP contribution in [0.2, 0.25) is 0 Å². The van der Waals surface area contributed by atoms with Crippen LogP contribution in [0.1, 0.15) is 32.9 Å². The maximum atomic E-state index is 13.0. The number of aromatic nitrogens is 2. The quantitative estimate of drug-likeness (QED) is 0.327. The van der Waals surface area contributed by atoms with Crippen LogP contribution in [-0.4, -0.2) is 36.8 Å². The largest absolute Gasteiger partial charge is 0.496 e. The SMILES string of the molecule is COc1cc(C(=O)NCc2ccc(-c3noc(C)n3)cc2NCCc2ccccc2)cc(OC)c1C. The van der Waals surface area contributed by atoms with E-state index in [1.54, 1.807) is 33.3 Å². The lowest BCUT2D eigenvalue weighted by atomic mass is 10.1. The van der Waals surface area contributed by atoms with E-state index in [0.717, 1.165) is 35.3 Å². The molecule has 0 fully saturated rings. The number of aryl methyl sites for hydroxylation is 1. The maximum Gasteiger partial charge on any atom is 0.251 e. The van der Waals surface area contributed by atoms with Gasteiger partial charge in [0.25, 0.3) is 5.91 Å². The zero-order valence-electron chi connectivity index (χ0n) is 20.9. The monoisotopic (exact) mass is 486 g/mol. The summed E-state index contributed by atoms with van der Waals surface area (Å²) in [5.41, 5.74) is 5.21. The first-order chi connectivity index (χ1) is 17.5. The Morgan fingerprint density at radius 3 is 2.33 bits per heavy atom. The van der Waals surface area contributed by atoms with Crippen molar-refractivity contribution in [3.63, 3.8) is 0 Å². The van der Waals surface area contributed by atoms with Gasteiger partial charge in [-0.2, -0.15) is 4.98 Å². The Kier molecular flexibility index (Phi) is 7.85. The number of hydrogen-bond donors (Lipinski definition) is 2. The van der Waals surface area contributed by atoms with E-state index in [0.29, 0.717) is 35.3 Å². The number of nitrogens with one attached hydrogen (secondary N) is 2. The van der Waals surface area contributed by atoms with Crippen LogP contribution < -0.4 is 20.1 Å². The first-order valence-corrected chi connectivity index (χ1v) is 11.7.